The Bertz CT molecular complexity index is 681. The Hall–Kier alpha value is -1.13. The van der Waals surface area contributed by atoms with Gasteiger partial charge < -0.3 is 0 Å². The fourth-order valence-electron chi connectivity index (χ4n) is 3.73. The molecule has 0 spiro atoms. The maximum Gasteiger partial charge on any atom is 0.243 e. The molecule has 0 bridgehead atoms. The van der Waals surface area contributed by atoms with Gasteiger partial charge in [0.25, 0.3) is 0 Å². The predicted octanol–water partition coefficient (Wildman–Crippen LogP) is 4.37. The third-order valence-corrected chi connectivity index (χ3v) is 6.96. The minimum Gasteiger partial charge on any atom is -0.207 e. The van der Waals surface area contributed by atoms with Gasteiger partial charge in [0.1, 0.15) is 0 Å². The molecule has 0 radical (unpaired) electrons. The molecule has 128 valence electrons. The van der Waals surface area contributed by atoms with E-state index in [1.807, 2.05) is 39.0 Å². The van der Waals surface area contributed by atoms with Crippen LogP contribution in [0.4, 0.5) is 0 Å². The van der Waals surface area contributed by atoms with Crippen molar-refractivity contribution in [2.75, 3.05) is 6.54 Å². The van der Waals surface area contributed by atoms with Crippen LogP contribution in [-0.4, -0.2) is 25.3 Å². The summed E-state index contributed by atoms with van der Waals surface area (Å²) in [4.78, 5) is 0.481. The summed E-state index contributed by atoms with van der Waals surface area (Å²) >= 11 is 0. The SMILES string of the molecule is C=CCC1CCC(C)(C)CN1S(=O)(=O)c1c(C)cc(C)cc1C. The molecule has 1 aliphatic heterocycles. The van der Waals surface area contributed by atoms with Crippen molar-refractivity contribution in [3.05, 3.63) is 41.5 Å². The lowest BCUT2D eigenvalue weighted by Crippen LogP contribution is -2.49. The topological polar surface area (TPSA) is 37.4 Å². The highest BCUT2D eigenvalue weighted by Crippen LogP contribution is 2.38. The van der Waals surface area contributed by atoms with Crippen molar-refractivity contribution in [1.29, 1.82) is 0 Å². The average molecular weight is 336 g/mol. The highest BCUT2D eigenvalue weighted by atomic mass is 32.2. The zero-order valence-corrected chi connectivity index (χ0v) is 15.8. The van der Waals surface area contributed by atoms with Gasteiger partial charge in [-0.3, -0.25) is 0 Å². The first-order valence-electron chi connectivity index (χ1n) is 8.29. The van der Waals surface area contributed by atoms with Crippen LogP contribution in [0, 0.1) is 26.2 Å². The first-order chi connectivity index (χ1) is 10.6. The lowest BCUT2D eigenvalue weighted by molar-refractivity contribution is 0.135. The minimum atomic E-state index is -3.50. The number of nitrogens with zero attached hydrogens (tertiary/aromatic N) is 1. The van der Waals surface area contributed by atoms with Crippen molar-refractivity contribution >= 4 is 10.0 Å². The van der Waals surface area contributed by atoms with Crippen LogP contribution in [0.1, 0.15) is 49.8 Å². The van der Waals surface area contributed by atoms with Crippen LogP contribution in [-0.2, 0) is 10.0 Å². The van der Waals surface area contributed by atoms with E-state index in [2.05, 4.69) is 20.4 Å². The van der Waals surface area contributed by atoms with Crippen molar-refractivity contribution in [3.63, 3.8) is 0 Å². The molecule has 1 saturated heterocycles. The van der Waals surface area contributed by atoms with Gasteiger partial charge in [-0.2, -0.15) is 4.31 Å². The van der Waals surface area contributed by atoms with Crippen molar-refractivity contribution < 1.29 is 8.42 Å². The van der Waals surface area contributed by atoms with Crippen molar-refractivity contribution in [2.24, 2.45) is 5.41 Å². The van der Waals surface area contributed by atoms with E-state index in [9.17, 15) is 8.42 Å². The van der Waals surface area contributed by atoms with E-state index in [-0.39, 0.29) is 11.5 Å². The van der Waals surface area contributed by atoms with E-state index in [0.29, 0.717) is 17.9 Å². The van der Waals surface area contributed by atoms with Gasteiger partial charge in [0.2, 0.25) is 10.0 Å². The normalized spacial score (nSPS) is 22.0. The molecular formula is C19H29NO2S. The van der Waals surface area contributed by atoms with Gasteiger partial charge in [-0.05, 0) is 56.6 Å². The van der Waals surface area contributed by atoms with Gasteiger partial charge >= 0.3 is 0 Å². The molecule has 1 aliphatic rings. The lowest BCUT2D eigenvalue weighted by Gasteiger charge is -2.43. The largest absolute Gasteiger partial charge is 0.243 e. The maximum atomic E-state index is 13.4. The molecule has 1 atom stereocenters. The van der Waals surface area contributed by atoms with Crippen LogP contribution in [0.25, 0.3) is 0 Å². The van der Waals surface area contributed by atoms with E-state index >= 15 is 0 Å². The van der Waals surface area contributed by atoms with Crippen molar-refractivity contribution in [2.45, 2.75) is 64.8 Å². The summed E-state index contributed by atoms with van der Waals surface area (Å²) in [6.45, 7) is 14.5. The molecule has 0 aromatic heterocycles. The molecule has 0 aliphatic carbocycles. The van der Waals surface area contributed by atoms with Crippen LogP contribution in [0.3, 0.4) is 0 Å². The Morgan fingerprint density at radius 3 is 2.35 bits per heavy atom. The van der Waals surface area contributed by atoms with Crippen LogP contribution < -0.4 is 0 Å². The second-order valence-corrected chi connectivity index (χ2v) is 9.49. The summed E-state index contributed by atoms with van der Waals surface area (Å²) < 4.78 is 28.5. The summed E-state index contributed by atoms with van der Waals surface area (Å²) in [5, 5.41) is 0. The standard InChI is InChI=1S/C19H29NO2S/c1-7-8-17-9-10-19(5,6)13-20(17)23(21,22)18-15(3)11-14(2)12-16(18)4/h7,11-12,17H,1,8-10,13H2,2-6H3. The number of hydrogen-bond acceptors (Lipinski definition) is 2. The number of hydrogen-bond donors (Lipinski definition) is 0. The van der Waals surface area contributed by atoms with Gasteiger partial charge in [0, 0.05) is 12.6 Å². The van der Waals surface area contributed by atoms with Crippen molar-refractivity contribution in [3.8, 4) is 0 Å². The Morgan fingerprint density at radius 2 is 1.83 bits per heavy atom. The Kier molecular flexibility index (Phi) is 5.07. The van der Waals surface area contributed by atoms with Crippen LogP contribution in [0.15, 0.2) is 29.7 Å². The van der Waals surface area contributed by atoms with Gasteiger partial charge in [0.15, 0.2) is 0 Å². The van der Waals surface area contributed by atoms with E-state index in [4.69, 9.17) is 0 Å². The summed E-state index contributed by atoms with van der Waals surface area (Å²) in [6, 6.07) is 3.93. The molecule has 3 nitrogen and oxygen atoms in total. The monoisotopic (exact) mass is 335 g/mol. The summed E-state index contributed by atoms with van der Waals surface area (Å²) in [7, 11) is -3.50. The summed E-state index contributed by atoms with van der Waals surface area (Å²) in [5.41, 5.74) is 2.78. The second-order valence-electron chi connectivity index (χ2n) is 7.66. The molecule has 23 heavy (non-hydrogen) atoms. The van der Waals surface area contributed by atoms with Gasteiger partial charge in [-0.25, -0.2) is 8.42 Å². The van der Waals surface area contributed by atoms with E-state index in [1.165, 1.54) is 0 Å². The zero-order valence-electron chi connectivity index (χ0n) is 15.0. The molecule has 0 N–H and O–H groups in total. The second kappa shape index (κ2) is 6.40. The minimum absolute atomic E-state index is 0.0112. The quantitative estimate of drug-likeness (QED) is 0.766. The Morgan fingerprint density at radius 1 is 1.26 bits per heavy atom. The number of benzene rings is 1. The Balaban J connectivity index is 2.53. The van der Waals surface area contributed by atoms with Gasteiger partial charge in [-0.1, -0.05) is 37.6 Å². The fraction of sp³-hybridized carbons (Fsp3) is 0.579. The van der Waals surface area contributed by atoms with Crippen molar-refractivity contribution in [1.82, 2.24) is 4.31 Å². The van der Waals surface area contributed by atoms with Crippen LogP contribution in [0.5, 0.6) is 0 Å². The van der Waals surface area contributed by atoms with Crippen LogP contribution >= 0.6 is 0 Å². The van der Waals surface area contributed by atoms with Gasteiger partial charge in [-0.15, -0.1) is 6.58 Å². The Labute approximate surface area is 141 Å². The molecule has 1 unspecified atom stereocenters. The summed E-state index contributed by atoms with van der Waals surface area (Å²) in [6.07, 6.45) is 4.48. The number of sulfonamides is 1. The molecule has 1 heterocycles. The fourth-order valence-corrected chi connectivity index (χ4v) is 6.00. The molecular weight excluding hydrogens is 306 g/mol. The number of rotatable bonds is 4. The summed E-state index contributed by atoms with van der Waals surface area (Å²) in [5.74, 6) is 0. The first-order valence-corrected chi connectivity index (χ1v) is 9.73. The van der Waals surface area contributed by atoms with E-state index < -0.39 is 10.0 Å². The molecule has 1 aromatic carbocycles. The maximum absolute atomic E-state index is 13.4. The molecule has 1 fully saturated rings. The molecule has 0 saturated carbocycles. The number of piperidine rings is 1. The molecule has 1 aromatic rings. The number of aryl methyl sites for hydroxylation is 3. The van der Waals surface area contributed by atoms with Gasteiger partial charge in [0.05, 0.1) is 4.90 Å². The van der Waals surface area contributed by atoms with E-state index in [1.54, 1.807) is 4.31 Å². The van der Waals surface area contributed by atoms with E-state index in [0.717, 1.165) is 29.5 Å². The highest BCUT2D eigenvalue weighted by molar-refractivity contribution is 7.89. The lowest BCUT2D eigenvalue weighted by atomic mass is 9.82. The highest BCUT2D eigenvalue weighted by Gasteiger charge is 2.40. The average Bonchev–Trinajstić information content (AvgIpc) is 2.39. The predicted molar refractivity (Wildman–Crippen MR) is 96.2 cm³/mol. The van der Waals surface area contributed by atoms with Crippen LogP contribution in [0.2, 0.25) is 0 Å². The third-order valence-electron chi connectivity index (χ3n) is 4.76. The first kappa shape index (κ1) is 18.2. The smallest absolute Gasteiger partial charge is 0.207 e. The third kappa shape index (κ3) is 3.69. The molecule has 0 amide bonds. The molecule has 4 heteroatoms. The molecule has 2 rings (SSSR count). The zero-order chi connectivity index (χ0) is 17.4.